The molecule has 2 aromatic rings. The molecular weight excluding hydrogens is 292 g/mol. The molecule has 0 amide bonds. The minimum atomic E-state index is 0.169. The van der Waals surface area contributed by atoms with Crippen LogP contribution in [0.1, 0.15) is 35.1 Å². The zero-order chi connectivity index (χ0) is 16.6. The van der Waals surface area contributed by atoms with E-state index in [1.165, 1.54) is 5.56 Å². The van der Waals surface area contributed by atoms with Gasteiger partial charge in [-0.3, -0.25) is 0 Å². The van der Waals surface area contributed by atoms with Crippen molar-refractivity contribution in [1.82, 2.24) is 0 Å². The molecule has 1 aliphatic rings. The van der Waals surface area contributed by atoms with Crippen molar-refractivity contribution in [3.8, 4) is 23.0 Å². The Kier molecular flexibility index (Phi) is 4.07. The topological polar surface area (TPSA) is 36.9 Å². The summed E-state index contributed by atoms with van der Waals surface area (Å²) in [5.41, 5.74) is 4.57. The molecule has 0 saturated carbocycles. The van der Waals surface area contributed by atoms with Gasteiger partial charge in [0.2, 0.25) is 6.79 Å². The summed E-state index contributed by atoms with van der Waals surface area (Å²) in [6.07, 6.45) is 0. The number of fused-ring (bicyclic) bond motifs is 1. The molecule has 0 saturated heterocycles. The van der Waals surface area contributed by atoms with Gasteiger partial charge < -0.3 is 18.9 Å². The normalized spacial score (nSPS) is 13.8. The maximum Gasteiger partial charge on any atom is 0.231 e. The average molecular weight is 314 g/mol. The van der Waals surface area contributed by atoms with Crippen molar-refractivity contribution < 1.29 is 18.9 Å². The minimum Gasteiger partial charge on any atom is -0.496 e. The lowest BCUT2D eigenvalue weighted by Crippen LogP contribution is -2.02. The lowest BCUT2D eigenvalue weighted by Gasteiger charge is -2.19. The molecule has 0 aromatic heterocycles. The predicted octanol–water partition coefficient (Wildman–Crippen LogP) is 4.20. The first kappa shape index (κ1) is 15.5. The van der Waals surface area contributed by atoms with Gasteiger partial charge in [0.25, 0.3) is 0 Å². The summed E-state index contributed by atoms with van der Waals surface area (Å²) in [4.78, 5) is 0. The first-order valence-electron chi connectivity index (χ1n) is 7.67. The highest BCUT2D eigenvalue weighted by Crippen LogP contribution is 2.43. The Morgan fingerprint density at radius 1 is 0.913 bits per heavy atom. The van der Waals surface area contributed by atoms with E-state index in [0.29, 0.717) is 0 Å². The summed E-state index contributed by atoms with van der Waals surface area (Å²) in [6.45, 7) is 6.57. The van der Waals surface area contributed by atoms with Crippen LogP contribution in [-0.4, -0.2) is 21.0 Å². The molecule has 4 heteroatoms. The molecule has 122 valence electrons. The Hall–Kier alpha value is -2.36. The van der Waals surface area contributed by atoms with E-state index < -0.39 is 0 Å². The molecule has 0 N–H and O–H groups in total. The van der Waals surface area contributed by atoms with Crippen LogP contribution in [0.4, 0.5) is 0 Å². The molecule has 1 heterocycles. The first-order valence-corrected chi connectivity index (χ1v) is 7.67. The van der Waals surface area contributed by atoms with Crippen LogP contribution in [0.15, 0.2) is 24.3 Å². The standard InChI is InChI=1S/C19H22O4/c1-11-6-14(7-12(2)19(11)21-5)13(3)15-8-17-18(23-10-22-17)9-16(15)20-4/h6-9,13H,10H2,1-5H3/t13-/m1/s1. The van der Waals surface area contributed by atoms with Gasteiger partial charge in [0, 0.05) is 17.5 Å². The van der Waals surface area contributed by atoms with Crippen LogP contribution in [0, 0.1) is 13.8 Å². The Morgan fingerprint density at radius 2 is 1.52 bits per heavy atom. The number of hydrogen-bond acceptors (Lipinski definition) is 4. The number of rotatable bonds is 4. The van der Waals surface area contributed by atoms with E-state index in [2.05, 4.69) is 32.9 Å². The minimum absolute atomic E-state index is 0.169. The maximum absolute atomic E-state index is 5.56. The Bertz CT molecular complexity index is 713. The van der Waals surface area contributed by atoms with Crippen LogP contribution in [0.25, 0.3) is 0 Å². The third-order valence-corrected chi connectivity index (χ3v) is 4.38. The molecule has 23 heavy (non-hydrogen) atoms. The number of methoxy groups -OCH3 is 2. The van der Waals surface area contributed by atoms with Gasteiger partial charge in [0.1, 0.15) is 11.5 Å². The van der Waals surface area contributed by atoms with Crippen molar-refractivity contribution in [3.63, 3.8) is 0 Å². The van der Waals surface area contributed by atoms with Crippen molar-refractivity contribution in [3.05, 3.63) is 46.5 Å². The molecule has 0 fully saturated rings. The fraction of sp³-hybridized carbons (Fsp3) is 0.368. The molecule has 1 aliphatic heterocycles. The molecule has 0 radical (unpaired) electrons. The molecule has 0 unspecified atom stereocenters. The quantitative estimate of drug-likeness (QED) is 0.847. The maximum atomic E-state index is 5.56. The van der Waals surface area contributed by atoms with Crippen LogP contribution in [0.2, 0.25) is 0 Å². The van der Waals surface area contributed by atoms with Gasteiger partial charge in [-0.2, -0.15) is 0 Å². The third-order valence-electron chi connectivity index (χ3n) is 4.38. The molecule has 3 rings (SSSR count). The number of hydrogen-bond donors (Lipinski definition) is 0. The smallest absolute Gasteiger partial charge is 0.231 e. The van der Waals surface area contributed by atoms with Crippen LogP contribution >= 0.6 is 0 Å². The number of ether oxygens (including phenoxy) is 4. The summed E-state index contributed by atoms with van der Waals surface area (Å²) in [5.74, 6) is 3.43. The van der Waals surface area contributed by atoms with Gasteiger partial charge >= 0.3 is 0 Å². The van der Waals surface area contributed by atoms with E-state index in [1.54, 1.807) is 14.2 Å². The second-order valence-electron chi connectivity index (χ2n) is 5.86. The Morgan fingerprint density at radius 3 is 2.09 bits per heavy atom. The van der Waals surface area contributed by atoms with Crippen molar-refractivity contribution in [1.29, 1.82) is 0 Å². The highest BCUT2D eigenvalue weighted by Gasteiger charge is 2.22. The van der Waals surface area contributed by atoms with Crippen molar-refractivity contribution >= 4 is 0 Å². The van der Waals surface area contributed by atoms with Crippen LogP contribution in [0.3, 0.4) is 0 Å². The fourth-order valence-corrected chi connectivity index (χ4v) is 3.19. The summed E-state index contributed by atoms with van der Waals surface area (Å²) in [5, 5.41) is 0. The average Bonchev–Trinajstić information content (AvgIpc) is 2.99. The fourth-order valence-electron chi connectivity index (χ4n) is 3.19. The van der Waals surface area contributed by atoms with Crippen molar-refractivity contribution in [2.24, 2.45) is 0 Å². The lowest BCUT2D eigenvalue weighted by atomic mass is 9.89. The van der Waals surface area contributed by atoms with E-state index in [0.717, 1.165) is 39.7 Å². The van der Waals surface area contributed by atoms with Gasteiger partial charge in [-0.1, -0.05) is 19.1 Å². The summed E-state index contributed by atoms with van der Waals surface area (Å²) in [6, 6.07) is 8.25. The van der Waals surface area contributed by atoms with E-state index in [-0.39, 0.29) is 12.7 Å². The van der Waals surface area contributed by atoms with E-state index >= 15 is 0 Å². The van der Waals surface area contributed by atoms with Gasteiger partial charge in [0.15, 0.2) is 11.5 Å². The van der Waals surface area contributed by atoms with Crippen LogP contribution < -0.4 is 18.9 Å². The molecule has 0 bridgehead atoms. The SMILES string of the molecule is COc1cc2c(cc1[C@H](C)c1cc(C)c(OC)c(C)c1)OCO2. The second kappa shape index (κ2) is 6.03. The monoisotopic (exact) mass is 314 g/mol. The molecule has 1 atom stereocenters. The lowest BCUT2D eigenvalue weighted by molar-refractivity contribution is 0.174. The first-order chi connectivity index (χ1) is 11.0. The van der Waals surface area contributed by atoms with Crippen molar-refractivity contribution in [2.75, 3.05) is 21.0 Å². The highest BCUT2D eigenvalue weighted by atomic mass is 16.7. The van der Waals surface area contributed by atoms with Crippen molar-refractivity contribution in [2.45, 2.75) is 26.7 Å². The zero-order valence-corrected chi connectivity index (χ0v) is 14.2. The van der Waals surface area contributed by atoms with Gasteiger partial charge in [-0.05, 0) is 36.6 Å². The third kappa shape index (κ3) is 2.69. The van der Waals surface area contributed by atoms with E-state index in [4.69, 9.17) is 18.9 Å². The Balaban J connectivity index is 2.05. The molecule has 0 aliphatic carbocycles. The summed E-state index contributed by atoms with van der Waals surface area (Å²) < 4.78 is 22.0. The summed E-state index contributed by atoms with van der Waals surface area (Å²) in [7, 11) is 3.39. The van der Waals surface area contributed by atoms with Crippen LogP contribution in [0.5, 0.6) is 23.0 Å². The van der Waals surface area contributed by atoms with Crippen LogP contribution in [-0.2, 0) is 0 Å². The summed E-state index contributed by atoms with van der Waals surface area (Å²) >= 11 is 0. The Labute approximate surface area is 136 Å². The van der Waals surface area contributed by atoms with Gasteiger partial charge in [0.05, 0.1) is 14.2 Å². The second-order valence-corrected chi connectivity index (χ2v) is 5.86. The predicted molar refractivity (Wildman–Crippen MR) is 89.1 cm³/mol. The molecule has 2 aromatic carbocycles. The largest absolute Gasteiger partial charge is 0.496 e. The molecular formula is C19H22O4. The van der Waals surface area contributed by atoms with E-state index in [1.807, 2.05) is 12.1 Å². The number of aryl methyl sites for hydroxylation is 2. The zero-order valence-electron chi connectivity index (χ0n) is 14.2. The van der Waals surface area contributed by atoms with E-state index in [9.17, 15) is 0 Å². The van der Waals surface area contributed by atoms with Gasteiger partial charge in [-0.15, -0.1) is 0 Å². The molecule has 0 spiro atoms. The van der Waals surface area contributed by atoms with Gasteiger partial charge in [-0.25, -0.2) is 0 Å². The molecule has 4 nitrogen and oxygen atoms in total. The highest BCUT2D eigenvalue weighted by molar-refractivity contribution is 5.55. The number of benzene rings is 2.